The number of aryl methyl sites for hydroxylation is 1. The standard InChI is InChI=1S/C17H21NOS/c1-11-12(2)20-10-15(11)16(19)18-14-8-6-13(7-9-14)17(3,4)5/h6-10H,1-5H3,(H,18,19). The molecule has 1 heterocycles. The summed E-state index contributed by atoms with van der Waals surface area (Å²) in [5.74, 6) is -0.0321. The van der Waals surface area contributed by atoms with E-state index in [-0.39, 0.29) is 11.3 Å². The van der Waals surface area contributed by atoms with Crippen LogP contribution in [0.3, 0.4) is 0 Å². The van der Waals surface area contributed by atoms with E-state index in [2.05, 4.69) is 38.2 Å². The molecule has 0 aliphatic rings. The van der Waals surface area contributed by atoms with Crippen molar-refractivity contribution in [1.29, 1.82) is 0 Å². The lowest BCUT2D eigenvalue weighted by molar-refractivity contribution is 0.102. The van der Waals surface area contributed by atoms with E-state index in [9.17, 15) is 4.79 Å². The van der Waals surface area contributed by atoms with Crippen LogP contribution >= 0.6 is 11.3 Å². The van der Waals surface area contributed by atoms with Gasteiger partial charge in [-0.15, -0.1) is 11.3 Å². The number of amides is 1. The Labute approximate surface area is 124 Å². The van der Waals surface area contributed by atoms with Gasteiger partial charge in [0.05, 0.1) is 5.56 Å². The molecule has 2 rings (SSSR count). The fraction of sp³-hybridized carbons (Fsp3) is 0.353. The number of hydrogen-bond donors (Lipinski definition) is 1. The van der Waals surface area contributed by atoms with Crippen LogP contribution in [0.4, 0.5) is 5.69 Å². The molecule has 0 saturated carbocycles. The summed E-state index contributed by atoms with van der Waals surface area (Å²) in [4.78, 5) is 13.4. The minimum Gasteiger partial charge on any atom is -0.322 e. The minimum atomic E-state index is -0.0321. The lowest BCUT2D eigenvalue weighted by Gasteiger charge is -2.19. The Bertz CT molecular complexity index is 617. The van der Waals surface area contributed by atoms with Crippen LogP contribution in [-0.2, 0) is 5.41 Å². The maximum Gasteiger partial charge on any atom is 0.256 e. The van der Waals surface area contributed by atoms with E-state index in [0.717, 1.165) is 16.8 Å². The van der Waals surface area contributed by atoms with Crippen LogP contribution in [0.2, 0.25) is 0 Å². The summed E-state index contributed by atoms with van der Waals surface area (Å²) >= 11 is 1.61. The molecule has 0 aliphatic heterocycles. The van der Waals surface area contributed by atoms with E-state index >= 15 is 0 Å². The Morgan fingerprint density at radius 1 is 1.10 bits per heavy atom. The van der Waals surface area contributed by atoms with E-state index in [4.69, 9.17) is 0 Å². The molecular formula is C17H21NOS. The lowest BCUT2D eigenvalue weighted by Crippen LogP contribution is -2.13. The van der Waals surface area contributed by atoms with Crippen LogP contribution < -0.4 is 5.32 Å². The SMILES string of the molecule is Cc1scc(C(=O)Nc2ccc(C(C)(C)C)cc2)c1C. The average molecular weight is 287 g/mol. The van der Waals surface area contributed by atoms with E-state index in [1.54, 1.807) is 11.3 Å². The van der Waals surface area contributed by atoms with Gasteiger partial charge in [-0.2, -0.15) is 0 Å². The first-order chi connectivity index (χ1) is 9.29. The molecule has 0 aliphatic carbocycles. The average Bonchev–Trinajstić information content (AvgIpc) is 2.69. The van der Waals surface area contributed by atoms with E-state index < -0.39 is 0 Å². The molecule has 0 radical (unpaired) electrons. The molecule has 0 unspecified atom stereocenters. The number of anilines is 1. The number of nitrogens with one attached hydrogen (secondary N) is 1. The fourth-order valence-electron chi connectivity index (χ4n) is 1.99. The van der Waals surface area contributed by atoms with Crippen molar-refractivity contribution in [3.05, 3.63) is 51.2 Å². The third kappa shape index (κ3) is 3.10. The molecule has 1 aromatic carbocycles. The third-order valence-corrected chi connectivity index (χ3v) is 4.55. The van der Waals surface area contributed by atoms with E-state index in [0.29, 0.717) is 0 Å². The Kier molecular flexibility index (Phi) is 4.00. The highest BCUT2D eigenvalue weighted by molar-refractivity contribution is 7.10. The highest BCUT2D eigenvalue weighted by Gasteiger charge is 2.15. The van der Waals surface area contributed by atoms with Crippen LogP contribution in [0.1, 0.15) is 47.1 Å². The third-order valence-electron chi connectivity index (χ3n) is 3.54. The molecule has 106 valence electrons. The van der Waals surface area contributed by atoms with E-state index in [1.807, 2.05) is 31.4 Å². The summed E-state index contributed by atoms with van der Waals surface area (Å²) in [5.41, 5.74) is 4.07. The maximum atomic E-state index is 12.2. The minimum absolute atomic E-state index is 0.0321. The summed E-state index contributed by atoms with van der Waals surface area (Å²) in [5, 5.41) is 4.88. The van der Waals surface area contributed by atoms with Gasteiger partial charge in [0, 0.05) is 15.9 Å². The predicted octanol–water partition coefficient (Wildman–Crippen LogP) is 4.91. The van der Waals surface area contributed by atoms with Crippen molar-refractivity contribution < 1.29 is 4.79 Å². The van der Waals surface area contributed by atoms with Crippen LogP contribution in [0.5, 0.6) is 0 Å². The first-order valence-electron chi connectivity index (χ1n) is 6.75. The van der Waals surface area contributed by atoms with Gasteiger partial charge in [-0.3, -0.25) is 4.79 Å². The number of rotatable bonds is 2. The number of thiophene rings is 1. The summed E-state index contributed by atoms with van der Waals surface area (Å²) in [6.45, 7) is 10.6. The van der Waals surface area contributed by atoms with Crippen molar-refractivity contribution in [2.45, 2.75) is 40.0 Å². The van der Waals surface area contributed by atoms with Crippen molar-refractivity contribution in [1.82, 2.24) is 0 Å². The topological polar surface area (TPSA) is 29.1 Å². The Hall–Kier alpha value is -1.61. The van der Waals surface area contributed by atoms with Crippen molar-refractivity contribution in [3.63, 3.8) is 0 Å². The van der Waals surface area contributed by atoms with Crippen LogP contribution in [0, 0.1) is 13.8 Å². The number of hydrogen-bond acceptors (Lipinski definition) is 2. The fourth-order valence-corrected chi connectivity index (χ4v) is 2.85. The zero-order valence-corrected chi connectivity index (χ0v) is 13.5. The molecule has 0 bridgehead atoms. The molecule has 3 heteroatoms. The van der Waals surface area contributed by atoms with Crippen molar-refractivity contribution >= 4 is 22.9 Å². The molecule has 0 saturated heterocycles. The molecule has 1 amide bonds. The summed E-state index contributed by atoms with van der Waals surface area (Å²) in [6.07, 6.45) is 0. The molecule has 20 heavy (non-hydrogen) atoms. The van der Waals surface area contributed by atoms with Crippen LogP contribution in [-0.4, -0.2) is 5.91 Å². The zero-order valence-electron chi connectivity index (χ0n) is 12.7. The highest BCUT2D eigenvalue weighted by atomic mass is 32.1. The first kappa shape index (κ1) is 14.8. The molecule has 0 fully saturated rings. The molecule has 2 nitrogen and oxygen atoms in total. The normalized spacial score (nSPS) is 11.4. The van der Waals surface area contributed by atoms with Crippen LogP contribution in [0.15, 0.2) is 29.6 Å². The summed E-state index contributed by atoms with van der Waals surface area (Å²) in [7, 11) is 0. The lowest BCUT2D eigenvalue weighted by atomic mass is 9.87. The summed E-state index contributed by atoms with van der Waals surface area (Å²) < 4.78 is 0. The van der Waals surface area contributed by atoms with Gasteiger partial charge in [0.15, 0.2) is 0 Å². The van der Waals surface area contributed by atoms with Gasteiger partial charge in [0.25, 0.3) is 5.91 Å². The predicted molar refractivity (Wildman–Crippen MR) is 86.9 cm³/mol. The second-order valence-electron chi connectivity index (χ2n) is 6.11. The molecule has 0 spiro atoms. The van der Waals surface area contributed by atoms with Gasteiger partial charge in [0.2, 0.25) is 0 Å². The Morgan fingerprint density at radius 3 is 2.15 bits per heavy atom. The molecule has 0 atom stereocenters. The van der Waals surface area contributed by atoms with Crippen molar-refractivity contribution in [2.24, 2.45) is 0 Å². The van der Waals surface area contributed by atoms with Gasteiger partial charge in [-0.1, -0.05) is 32.9 Å². The van der Waals surface area contributed by atoms with Gasteiger partial charge in [-0.25, -0.2) is 0 Å². The van der Waals surface area contributed by atoms with Gasteiger partial charge in [-0.05, 0) is 42.5 Å². The van der Waals surface area contributed by atoms with Crippen molar-refractivity contribution in [2.75, 3.05) is 5.32 Å². The quantitative estimate of drug-likeness (QED) is 0.835. The number of benzene rings is 1. The molecule has 2 aromatic rings. The monoisotopic (exact) mass is 287 g/mol. The second-order valence-corrected chi connectivity index (χ2v) is 7.20. The second kappa shape index (κ2) is 5.41. The number of carbonyl (C=O) groups excluding carboxylic acids is 1. The molecular weight excluding hydrogens is 266 g/mol. The Morgan fingerprint density at radius 2 is 1.70 bits per heavy atom. The Balaban J connectivity index is 2.15. The number of carbonyl (C=O) groups is 1. The maximum absolute atomic E-state index is 12.2. The van der Waals surface area contributed by atoms with Crippen LogP contribution in [0.25, 0.3) is 0 Å². The first-order valence-corrected chi connectivity index (χ1v) is 7.63. The smallest absolute Gasteiger partial charge is 0.256 e. The van der Waals surface area contributed by atoms with Gasteiger partial charge < -0.3 is 5.32 Å². The zero-order chi connectivity index (χ0) is 14.9. The molecule has 1 N–H and O–H groups in total. The molecule has 1 aromatic heterocycles. The van der Waals surface area contributed by atoms with Gasteiger partial charge >= 0.3 is 0 Å². The van der Waals surface area contributed by atoms with Crippen molar-refractivity contribution in [3.8, 4) is 0 Å². The van der Waals surface area contributed by atoms with Gasteiger partial charge in [0.1, 0.15) is 0 Å². The van der Waals surface area contributed by atoms with E-state index in [1.165, 1.54) is 10.4 Å². The highest BCUT2D eigenvalue weighted by Crippen LogP contribution is 2.25. The summed E-state index contributed by atoms with van der Waals surface area (Å²) in [6, 6.07) is 8.07. The largest absolute Gasteiger partial charge is 0.322 e.